The van der Waals surface area contributed by atoms with Gasteiger partial charge in [0.1, 0.15) is 5.82 Å². The van der Waals surface area contributed by atoms with Crippen molar-refractivity contribution in [2.24, 2.45) is 0 Å². The molecule has 0 spiro atoms. The van der Waals surface area contributed by atoms with Crippen LogP contribution in [0.25, 0.3) is 0 Å². The number of halogens is 2. The number of anilines is 1. The summed E-state index contributed by atoms with van der Waals surface area (Å²) >= 11 is 5.56. The molecule has 1 aromatic carbocycles. The van der Waals surface area contributed by atoms with Gasteiger partial charge in [-0.15, -0.1) is 0 Å². The minimum absolute atomic E-state index is 0.0893. The second-order valence-corrected chi connectivity index (χ2v) is 2.73. The van der Waals surface area contributed by atoms with Crippen LogP contribution in [0.4, 0.5) is 10.1 Å². The van der Waals surface area contributed by atoms with E-state index in [1.165, 1.54) is 6.07 Å². The van der Waals surface area contributed by atoms with Gasteiger partial charge in [0.05, 0.1) is 5.02 Å². The highest BCUT2D eigenvalue weighted by molar-refractivity contribution is 6.31. The number of hydrogen-bond acceptors (Lipinski definition) is 1. The summed E-state index contributed by atoms with van der Waals surface area (Å²) in [5, 5.41) is 2.43. The molecule has 0 saturated heterocycles. The molecular weight excluding hydrogens is 181 g/mol. The summed E-state index contributed by atoms with van der Waals surface area (Å²) in [5.74, 6) is -0.527. The van der Waals surface area contributed by atoms with Crippen molar-refractivity contribution in [3.05, 3.63) is 28.5 Å². The van der Waals surface area contributed by atoms with Crippen LogP contribution < -0.4 is 5.32 Å². The Morgan fingerprint density at radius 1 is 1.58 bits per heavy atom. The number of rotatable bonds is 2. The zero-order chi connectivity index (χ0) is 9.14. The normalized spacial score (nSPS) is 9.58. The standard InChI is InChI=1S/C8H7ClFNO/c1-5-2-6(11-4-12)3-7(10)8(5)9/h2-4H,1H3,(H,11,12). The molecule has 4 heteroatoms. The Morgan fingerprint density at radius 2 is 2.25 bits per heavy atom. The van der Waals surface area contributed by atoms with Crippen LogP contribution in [0, 0.1) is 12.7 Å². The van der Waals surface area contributed by atoms with Crippen molar-refractivity contribution in [2.75, 3.05) is 5.32 Å². The summed E-state index contributed by atoms with van der Waals surface area (Å²) < 4.78 is 12.9. The smallest absolute Gasteiger partial charge is 0.211 e. The van der Waals surface area contributed by atoms with Gasteiger partial charge in [-0.3, -0.25) is 4.79 Å². The molecule has 0 heterocycles. The lowest BCUT2D eigenvalue weighted by molar-refractivity contribution is -0.105. The molecule has 1 aromatic rings. The second kappa shape index (κ2) is 3.54. The fourth-order valence-electron chi connectivity index (χ4n) is 0.878. The lowest BCUT2D eigenvalue weighted by Gasteiger charge is -2.03. The molecule has 1 amide bonds. The van der Waals surface area contributed by atoms with Gasteiger partial charge in [-0.05, 0) is 24.6 Å². The number of hydrogen-bond donors (Lipinski definition) is 1. The SMILES string of the molecule is Cc1cc(NC=O)cc(F)c1Cl. The maximum atomic E-state index is 12.9. The number of aryl methyl sites for hydroxylation is 1. The number of carbonyl (C=O) groups is 1. The van der Waals surface area contributed by atoms with Crippen molar-refractivity contribution in [1.29, 1.82) is 0 Å². The molecule has 64 valence electrons. The molecule has 0 fully saturated rings. The third kappa shape index (κ3) is 1.74. The first kappa shape index (κ1) is 9.00. The Bertz CT molecular complexity index is 291. The summed E-state index contributed by atoms with van der Waals surface area (Å²) in [7, 11) is 0. The van der Waals surface area contributed by atoms with Gasteiger partial charge in [0.25, 0.3) is 0 Å². The van der Waals surface area contributed by atoms with Gasteiger partial charge in [-0.25, -0.2) is 4.39 Å². The van der Waals surface area contributed by atoms with E-state index in [2.05, 4.69) is 5.32 Å². The van der Waals surface area contributed by atoms with Crippen LogP contribution in [-0.4, -0.2) is 6.41 Å². The van der Waals surface area contributed by atoms with Crippen molar-refractivity contribution in [3.63, 3.8) is 0 Å². The van der Waals surface area contributed by atoms with Crippen LogP contribution in [0.1, 0.15) is 5.56 Å². The number of carbonyl (C=O) groups excluding carboxylic acids is 1. The first-order chi connectivity index (χ1) is 5.65. The van der Waals surface area contributed by atoms with Gasteiger partial charge < -0.3 is 5.32 Å². The van der Waals surface area contributed by atoms with Crippen LogP contribution in [0.5, 0.6) is 0 Å². The third-order valence-corrected chi connectivity index (χ3v) is 1.91. The van der Waals surface area contributed by atoms with E-state index in [9.17, 15) is 9.18 Å². The van der Waals surface area contributed by atoms with E-state index in [-0.39, 0.29) is 5.02 Å². The first-order valence-corrected chi connectivity index (χ1v) is 3.69. The van der Waals surface area contributed by atoms with E-state index in [0.29, 0.717) is 17.7 Å². The Morgan fingerprint density at radius 3 is 2.75 bits per heavy atom. The van der Waals surface area contributed by atoms with Gasteiger partial charge in [0.15, 0.2) is 0 Å². The van der Waals surface area contributed by atoms with Gasteiger partial charge in [0, 0.05) is 5.69 Å². The fourth-order valence-corrected chi connectivity index (χ4v) is 0.987. The van der Waals surface area contributed by atoms with Crippen LogP contribution in [0.2, 0.25) is 5.02 Å². The highest BCUT2D eigenvalue weighted by atomic mass is 35.5. The largest absolute Gasteiger partial charge is 0.329 e. The molecule has 0 aromatic heterocycles. The Labute approximate surface area is 74.3 Å². The predicted octanol–water partition coefficient (Wildman–Crippen LogP) is 2.36. The number of benzene rings is 1. The van der Waals surface area contributed by atoms with E-state index in [1.807, 2.05) is 0 Å². The molecule has 0 aliphatic heterocycles. The summed E-state index contributed by atoms with van der Waals surface area (Å²) in [4.78, 5) is 10.0. The van der Waals surface area contributed by atoms with E-state index in [1.54, 1.807) is 13.0 Å². The molecule has 0 atom stereocenters. The first-order valence-electron chi connectivity index (χ1n) is 3.31. The quantitative estimate of drug-likeness (QED) is 0.708. The number of amides is 1. The average Bonchev–Trinajstić information content (AvgIpc) is 2.01. The summed E-state index contributed by atoms with van der Waals surface area (Å²) in [5.41, 5.74) is 1.01. The summed E-state index contributed by atoms with van der Waals surface area (Å²) in [6.07, 6.45) is 0.488. The van der Waals surface area contributed by atoms with E-state index >= 15 is 0 Å². The highest BCUT2D eigenvalue weighted by Crippen LogP contribution is 2.23. The van der Waals surface area contributed by atoms with E-state index in [0.717, 1.165) is 0 Å². The maximum absolute atomic E-state index is 12.9. The van der Waals surface area contributed by atoms with Crippen molar-refractivity contribution < 1.29 is 9.18 Å². The van der Waals surface area contributed by atoms with E-state index in [4.69, 9.17) is 11.6 Å². The average molecular weight is 188 g/mol. The molecule has 1 N–H and O–H groups in total. The number of nitrogens with one attached hydrogen (secondary N) is 1. The lowest BCUT2D eigenvalue weighted by Crippen LogP contribution is -1.95. The highest BCUT2D eigenvalue weighted by Gasteiger charge is 2.04. The van der Waals surface area contributed by atoms with Gasteiger partial charge in [-0.2, -0.15) is 0 Å². The molecular formula is C8H7ClFNO. The lowest BCUT2D eigenvalue weighted by atomic mass is 10.2. The zero-order valence-corrected chi connectivity index (χ0v) is 7.15. The molecule has 12 heavy (non-hydrogen) atoms. The van der Waals surface area contributed by atoms with Crippen molar-refractivity contribution >= 4 is 23.7 Å². The van der Waals surface area contributed by atoms with Crippen LogP contribution >= 0.6 is 11.6 Å². The van der Waals surface area contributed by atoms with Gasteiger partial charge in [0.2, 0.25) is 6.41 Å². The molecule has 0 saturated carbocycles. The summed E-state index contributed by atoms with van der Waals surface area (Å²) in [6, 6.07) is 2.77. The van der Waals surface area contributed by atoms with Gasteiger partial charge >= 0.3 is 0 Å². The molecule has 0 aliphatic rings. The topological polar surface area (TPSA) is 29.1 Å². The van der Waals surface area contributed by atoms with Crippen molar-refractivity contribution in [1.82, 2.24) is 0 Å². The van der Waals surface area contributed by atoms with Crippen LogP contribution in [0.15, 0.2) is 12.1 Å². The van der Waals surface area contributed by atoms with Crippen molar-refractivity contribution in [2.45, 2.75) is 6.92 Å². The molecule has 1 rings (SSSR count). The fraction of sp³-hybridized carbons (Fsp3) is 0.125. The third-order valence-electron chi connectivity index (χ3n) is 1.44. The Hall–Kier alpha value is -1.09. The predicted molar refractivity (Wildman–Crippen MR) is 45.8 cm³/mol. The molecule has 0 unspecified atom stereocenters. The minimum Gasteiger partial charge on any atom is -0.329 e. The zero-order valence-electron chi connectivity index (χ0n) is 6.40. The molecule has 2 nitrogen and oxygen atoms in total. The Kier molecular flexibility index (Phi) is 2.65. The van der Waals surface area contributed by atoms with Crippen LogP contribution in [-0.2, 0) is 4.79 Å². The monoisotopic (exact) mass is 187 g/mol. The van der Waals surface area contributed by atoms with Crippen LogP contribution in [0.3, 0.4) is 0 Å². The molecule has 0 aliphatic carbocycles. The van der Waals surface area contributed by atoms with Crippen molar-refractivity contribution in [3.8, 4) is 0 Å². The maximum Gasteiger partial charge on any atom is 0.211 e. The van der Waals surface area contributed by atoms with Gasteiger partial charge in [-0.1, -0.05) is 11.6 Å². The molecule has 0 radical (unpaired) electrons. The minimum atomic E-state index is -0.527. The second-order valence-electron chi connectivity index (χ2n) is 2.35. The Balaban J connectivity index is 3.11. The summed E-state index contributed by atoms with van der Waals surface area (Å²) in [6.45, 7) is 1.67. The molecule has 0 bridgehead atoms. The van der Waals surface area contributed by atoms with E-state index < -0.39 is 5.82 Å².